The van der Waals surface area contributed by atoms with E-state index in [1.54, 1.807) is 18.2 Å². The first-order valence-corrected chi connectivity index (χ1v) is 9.81. The minimum absolute atomic E-state index is 0.0251. The Balaban J connectivity index is 1.94. The number of benzene rings is 2. The quantitative estimate of drug-likeness (QED) is 0.327. The minimum atomic E-state index is -0.159. The molecule has 0 saturated heterocycles. The molecule has 0 bridgehead atoms. The molecule has 0 aliphatic rings. The fourth-order valence-corrected chi connectivity index (χ4v) is 3.30. The molecule has 5 nitrogen and oxygen atoms in total. The lowest BCUT2D eigenvalue weighted by Crippen LogP contribution is -2.07. The van der Waals surface area contributed by atoms with Crippen LogP contribution in [-0.2, 0) is 6.42 Å². The van der Waals surface area contributed by atoms with E-state index in [-0.39, 0.29) is 11.5 Å². The van der Waals surface area contributed by atoms with Crippen molar-refractivity contribution in [3.63, 3.8) is 0 Å². The van der Waals surface area contributed by atoms with Crippen molar-refractivity contribution >= 4 is 27.4 Å². The summed E-state index contributed by atoms with van der Waals surface area (Å²) in [5, 5.41) is 10.4. The van der Waals surface area contributed by atoms with Crippen molar-refractivity contribution in [1.82, 2.24) is 0 Å². The molecule has 146 valence electrons. The molecular formula is C21H26BrNO4. The van der Waals surface area contributed by atoms with E-state index < -0.39 is 0 Å². The van der Waals surface area contributed by atoms with Gasteiger partial charge in [-0.15, -0.1) is 0 Å². The zero-order valence-corrected chi connectivity index (χ0v) is 17.6. The number of hydrogen-bond donors (Lipinski definition) is 2. The van der Waals surface area contributed by atoms with E-state index in [0.29, 0.717) is 54.4 Å². The Morgan fingerprint density at radius 3 is 2.48 bits per heavy atom. The highest BCUT2D eigenvalue weighted by molar-refractivity contribution is 9.10. The molecule has 0 aliphatic carbocycles. The summed E-state index contributed by atoms with van der Waals surface area (Å²) in [5.41, 5.74) is 8.61. The van der Waals surface area contributed by atoms with Gasteiger partial charge in [-0.05, 0) is 60.0 Å². The van der Waals surface area contributed by atoms with Gasteiger partial charge >= 0.3 is 0 Å². The zero-order valence-electron chi connectivity index (χ0n) is 16.0. The number of halogens is 1. The van der Waals surface area contributed by atoms with Crippen LogP contribution in [0.1, 0.15) is 48.2 Å². The summed E-state index contributed by atoms with van der Waals surface area (Å²) in [6.45, 7) is 6.32. The van der Waals surface area contributed by atoms with Crippen LogP contribution in [0.25, 0.3) is 0 Å². The molecule has 0 amide bonds. The van der Waals surface area contributed by atoms with Gasteiger partial charge in [0.25, 0.3) is 0 Å². The van der Waals surface area contributed by atoms with Gasteiger partial charge in [-0.2, -0.15) is 0 Å². The van der Waals surface area contributed by atoms with E-state index in [0.717, 1.165) is 16.5 Å². The summed E-state index contributed by atoms with van der Waals surface area (Å²) < 4.78 is 12.5. The molecule has 3 N–H and O–H groups in total. The highest BCUT2D eigenvalue weighted by Gasteiger charge is 2.15. The maximum absolute atomic E-state index is 11.6. The number of nitrogens with two attached hydrogens (primary N) is 1. The number of aryl methyl sites for hydroxylation is 1. The van der Waals surface area contributed by atoms with Crippen LogP contribution in [0.15, 0.2) is 28.7 Å². The van der Waals surface area contributed by atoms with E-state index in [1.165, 1.54) is 6.92 Å². The summed E-state index contributed by atoms with van der Waals surface area (Å²) in [6.07, 6.45) is 2.16. The maximum atomic E-state index is 11.6. The molecule has 0 aliphatic heterocycles. The zero-order chi connectivity index (χ0) is 20.0. The number of carbonyl (C=O) groups is 1. The molecule has 0 radical (unpaired) electrons. The van der Waals surface area contributed by atoms with Crippen molar-refractivity contribution in [2.45, 2.75) is 40.0 Å². The number of aromatic hydroxyl groups is 1. The molecule has 0 atom stereocenters. The Kier molecular flexibility index (Phi) is 7.54. The Labute approximate surface area is 168 Å². The first kappa shape index (κ1) is 21.1. The Bertz CT molecular complexity index is 820. The summed E-state index contributed by atoms with van der Waals surface area (Å²) in [6, 6.07) is 7.09. The first-order chi connectivity index (χ1) is 12.8. The minimum Gasteiger partial charge on any atom is -0.507 e. The molecule has 2 rings (SSSR count). The van der Waals surface area contributed by atoms with Crippen LogP contribution in [-0.4, -0.2) is 24.1 Å². The molecule has 0 spiro atoms. The molecule has 6 heteroatoms. The van der Waals surface area contributed by atoms with E-state index in [1.807, 2.05) is 19.9 Å². The standard InChI is InChI=1S/C21H26BrNO4/c1-4-6-16-19(8-7-15(14(3)24)21(16)25)26-9-5-10-27-20-12-18(23)13(2)11-17(20)22/h7-8,11-12,25H,4-6,9-10,23H2,1-3H3. The lowest BCUT2D eigenvalue weighted by molar-refractivity contribution is 0.101. The predicted octanol–water partition coefficient (Wildman–Crippen LogP) is 5.05. The number of nitrogen functional groups attached to an aromatic ring is 1. The number of ketones is 1. The number of Topliss-reactive ketones (excluding diaryl/α,β-unsaturated/α-hetero) is 1. The number of rotatable bonds is 9. The predicted molar refractivity (Wildman–Crippen MR) is 111 cm³/mol. The van der Waals surface area contributed by atoms with Gasteiger partial charge in [-0.1, -0.05) is 13.3 Å². The average molecular weight is 436 g/mol. The Morgan fingerprint density at radius 1 is 1.19 bits per heavy atom. The van der Waals surface area contributed by atoms with Crippen LogP contribution < -0.4 is 15.2 Å². The van der Waals surface area contributed by atoms with Gasteiger partial charge in [-0.3, -0.25) is 4.79 Å². The number of phenols is 1. The van der Waals surface area contributed by atoms with Crippen LogP contribution in [0, 0.1) is 6.92 Å². The molecule has 0 fully saturated rings. The molecule has 2 aromatic rings. The molecule has 0 unspecified atom stereocenters. The van der Waals surface area contributed by atoms with Gasteiger partial charge in [0.15, 0.2) is 5.78 Å². The van der Waals surface area contributed by atoms with Gasteiger partial charge in [-0.25, -0.2) is 0 Å². The summed E-state index contributed by atoms with van der Waals surface area (Å²) in [5.74, 6) is 1.18. The van der Waals surface area contributed by atoms with Gasteiger partial charge in [0.1, 0.15) is 17.2 Å². The fourth-order valence-electron chi connectivity index (χ4n) is 2.73. The lowest BCUT2D eigenvalue weighted by atomic mass is 10.0. The fraction of sp³-hybridized carbons (Fsp3) is 0.381. The second kappa shape index (κ2) is 9.65. The van der Waals surface area contributed by atoms with E-state index in [4.69, 9.17) is 15.2 Å². The van der Waals surface area contributed by atoms with Crippen LogP contribution >= 0.6 is 15.9 Å². The highest BCUT2D eigenvalue weighted by atomic mass is 79.9. The third-order valence-corrected chi connectivity index (χ3v) is 4.86. The second-order valence-electron chi connectivity index (χ2n) is 6.43. The molecule has 2 aromatic carbocycles. The monoisotopic (exact) mass is 435 g/mol. The molecule has 0 heterocycles. The third kappa shape index (κ3) is 5.39. The van der Waals surface area contributed by atoms with Crippen molar-refractivity contribution in [1.29, 1.82) is 0 Å². The van der Waals surface area contributed by atoms with E-state index >= 15 is 0 Å². The molecule has 27 heavy (non-hydrogen) atoms. The summed E-state index contributed by atoms with van der Waals surface area (Å²) in [4.78, 5) is 11.6. The molecular weight excluding hydrogens is 410 g/mol. The van der Waals surface area contributed by atoms with E-state index in [2.05, 4.69) is 15.9 Å². The van der Waals surface area contributed by atoms with Crippen LogP contribution in [0.3, 0.4) is 0 Å². The van der Waals surface area contributed by atoms with Gasteiger partial charge in [0.2, 0.25) is 0 Å². The van der Waals surface area contributed by atoms with Gasteiger partial charge < -0.3 is 20.3 Å². The Morgan fingerprint density at radius 2 is 1.85 bits per heavy atom. The highest BCUT2D eigenvalue weighted by Crippen LogP contribution is 2.33. The number of anilines is 1. The normalized spacial score (nSPS) is 10.7. The van der Waals surface area contributed by atoms with Crippen molar-refractivity contribution in [3.8, 4) is 17.2 Å². The molecule has 0 aromatic heterocycles. The van der Waals surface area contributed by atoms with Crippen LogP contribution in [0.5, 0.6) is 17.2 Å². The number of ether oxygens (including phenoxy) is 2. The van der Waals surface area contributed by atoms with Crippen LogP contribution in [0.4, 0.5) is 5.69 Å². The van der Waals surface area contributed by atoms with E-state index in [9.17, 15) is 9.90 Å². The van der Waals surface area contributed by atoms with Gasteiger partial charge in [0, 0.05) is 23.7 Å². The van der Waals surface area contributed by atoms with Crippen molar-refractivity contribution < 1.29 is 19.4 Å². The summed E-state index contributed by atoms with van der Waals surface area (Å²) in [7, 11) is 0. The third-order valence-electron chi connectivity index (χ3n) is 4.24. The summed E-state index contributed by atoms with van der Waals surface area (Å²) >= 11 is 3.47. The number of carbonyl (C=O) groups excluding carboxylic acids is 1. The lowest BCUT2D eigenvalue weighted by Gasteiger charge is -2.15. The number of hydrogen-bond acceptors (Lipinski definition) is 5. The van der Waals surface area contributed by atoms with Crippen LogP contribution in [0.2, 0.25) is 0 Å². The largest absolute Gasteiger partial charge is 0.507 e. The second-order valence-corrected chi connectivity index (χ2v) is 7.29. The first-order valence-electron chi connectivity index (χ1n) is 9.02. The SMILES string of the molecule is CCCc1c(OCCCOc2cc(N)c(C)cc2Br)ccc(C(C)=O)c1O. The Hall–Kier alpha value is -2.21. The average Bonchev–Trinajstić information content (AvgIpc) is 2.61. The van der Waals surface area contributed by atoms with Gasteiger partial charge in [0.05, 0.1) is 23.2 Å². The smallest absolute Gasteiger partial charge is 0.163 e. The topological polar surface area (TPSA) is 81.8 Å². The van der Waals surface area contributed by atoms with Crippen molar-refractivity contribution in [2.75, 3.05) is 18.9 Å². The van der Waals surface area contributed by atoms with Crippen molar-refractivity contribution in [2.24, 2.45) is 0 Å². The van der Waals surface area contributed by atoms with Crippen molar-refractivity contribution in [3.05, 3.63) is 45.4 Å². The maximum Gasteiger partial charge on any atom is 0.163 e. The molecule has 0 saturated carbocycles. The number of phenolic OH excluding ortho intramolecular Hbond substituents is 1.